The molecular weight excluding hydrogens is 371 g/mol. The lowest BCUT2D eigenvalue weighted by molar-refractivity contribution is -0.141. The molecule has 0 aromatic heterocycles. The largest absolute Gasteiger partial charge is 0.482 e. The molecule has 1 aliphatic heterocycles. The lowest BCUT2D eigenvalue weighted by atomic mass is 9.67. The predicted molar refractivity (Wildman–Crippen MR) is 104 cm³/mol. The number of rotatable bonds is 3. The fourth-order valence-corrected chi connectivity index (χ4v) is 5.35. The van der Waals surface area contributed by atoms with Crippen LogP contribution in [0.25, 0.3) is 0 Å². The van der Waals surface area contributed by atoms with E-state index in [-0.39, 0.29) is 18.1 Å². The fourth-order valence-electron chi connectivity index (χ4n) is 4.89. The number of nitrogens with zero attached hydrogens (tertiary/aromatic N) is 2. The maximum absolute atomic E-state index is 13.0. The van der Waals surface area contributed by atoms with Crippen LogP contribution in [0.15, 0.2) is 23.3 Å². The summed E-state index contributed by atoms with van der Waals surface area (Å²) in [5.74, 6) is 0.853. The van der Waals surface area contributed by atoms with Crippen molar-refractivity contribution in [3.05, 3.63) is 28.2 Å². The fraction of sp³-hybridized carbons (Fsp3) is 0.600. The van der Waals surface area contributed by atoms with Crippen LogP contribution in [0.4, 0.5) is 0 Å². The van der Waals surface area contributed by atoms with Gasteiger partial charge in [0, 0.05) is 16.7 Å². The number of carbonyl (C=O) groups is 1. The molecule has 1 amide bonds. The number of hydrogen-bond acceptors (Lipinski definition) is 3. The highest BCUT2D eigenvalue weighted by Crippen LogP contribution is 2.48. The van der Waals surface area contributed by atoms with E-state index in [4.69, 9.17) is 33.0 Å². The summed E-state index contributed by atoms with van der Waals surface area (Å²) in [6, 6.07) is 5.03. The summed E-state index contributed by atoms with van der Waals surface area (Å²) in [6.45, 7) is -0.0490. The number of hydrogen-bond donors (Lipinski definition) is 0. The van der Waals surface area contributed by atoms with Gasteiger partial charge in [-0.3, -0.25) is 4.79 Å². The Morgan fingerprint density at radius 2 is 2.00 bits per heavy atom. The first kappa shape index (κ1) is 18.1. The second-order valence-corrected chi connectivity index (χ2v) is 8.47. The van der Waals surface area contributed by atoms with E-state index >= 15 is 0 Å². The third-order valence-electron chi connectivity index (χ3n) is 6.08. The zero-order valence-corrected chi connectivity index (χ0v) is 16.4. The van der Waals surface area contributed by atoms with E-state index in [9.17, 15) is 4.79 Å². The van der Waals surface area contributed by atoms with Gasteiger partial charge in [-0.25, -0.2) is 5.01 Å². The zero-order valence-electron chi connectivity index (χ0n) is 14.8. The molecule has 0 radical (unpaired) electrons. The summed E-state index contributed by atoms with van der Waals surface area (Å²) in [7, 11) is 0. The van der Waals surface area contributed by atoms with Crippen molar-refractivity contribution >= 4 is 34.8 Å². The van der Waals surface area contributed by atoms with Gasteiger partial charge in [-0.1, -0.05) is 48.9 Å². The molecule has 0 saturated heterocycles. The molecular formula is C20H24Cl2N2O2. The van der Waals surface area contributed by atoms with Crippen LogP contribution >= 0.6 is 23.2 Å². The van der Waals surface area contributed by atoms with Crippen molar-refractivity contribution in [3.63, 3.8) is 0 Å². The van der Waals surface area contributed by atoms with Crippen molar-refractivity contribution in [2.24, 2.45) is 11.0 Å². The molecule has 2 fully saturated rings. The Labute approximate surface area is 164 Å². The summed E-state index contributed by atoms with van der Waals surface area (Å²) >= 11 is 12.1. The van der Waals surface area contributed by atoms with E-state index in [1.165, 1.54) is 37.8 Å². The molecule has 2 aliphatic carbocycles. The van der Waals surface area contributed by atoms with Gasteiger partial charge in [-0.15, -0.1) is 0 Å². The molecule has 1 aromatic rings. The van der Waals surface area contributed by atoms with E-state index in [0.29, 0.717) is 21.7 Å². The average molecular weight is 395 g/mol. The molecule has 1 spiro atoms. The number of ether oxygens (including phenoxy) is 1. The van der Waals surface area contributed by atoms with Gasteiger partial charge in [0.05, 0.1) is 10.6 Å². The number of halogens is 2. The first-order chi connectivity index (χ1) is 12.6. The Morgan fingerprint density at radius 3 is 2.77 bits per heavy atom. The average Bonchev–Trinajstić information content (AvgIpc) is 2.96. The Kier molecular flexibility index (Phi) is 5.15. The van der Waals surface area contributed by atoms with E-state index in [1.54, 1.807) is 23.2 Å². The standard InChI is InChI=1S/C20H24Cl2N2O2/c21-14-8-9-18(16(22)12-14)26-13-19(25)24-20(10-4-1-5-11-20)15-6-2-3-7-17(15)23-24/h8-9,12,15H,1-7,10-11,13H2. The molecule has 0 bridgehead atoms. The molecule has 1 heterocycles. The van der Waals surface area contributed by atoms with E-state index < -0.39 is 0 Å². The summed E-state index contributed by atoms with van der Waals surface area (Å²) < 4.78 is 5.70. The molecule has 1 aromatic carbocycles. The smallest absolute Gasteiger partial charge is 0.281 e. The third kappa shape index (κ3) is 3.22. The lowest BCUT2D eigenvalue weighted by Crippen LogP contribution is -2.53. The Balaban J connectivity index is 1.52. The number of fused-ring (bicyclic) bond motifs is 2. The minimum atomic E-state index is -0.113. The second-order valence-electron chi connectivity index (χ2n) is 7.62. The molecule has 140 valence electrons. The Hall–Kier alpha value is -1.26. The summed E-state index contributed by atoms with van der Waals surface area (Å²) in [4.78, 5) is 13.0. The quantitative estimate of drug-likeness (QED) is 0.682. The molecule has 6 heteroatoms. The van der Waals surface area contributed by atoms with Crippen molar-refractivity contribution in [1.82, 2.24) is 5.01 Å². The second kappa shape index (κ2) is 7.40. The van der Waals surface area contributed by atoms with Crippen LogP contribution in [0.2, 0.25) is 10.0 Å². The van der Waals surface area contributed by atoms with Crippen LogP contribution in [-0.4, -0.2) is 28.8 Å². The molecule has 3 aliphatic rings. The summed E-state index contributed by atoms with van der Waals surface area (Å²) in [6.07, 6.45) is 10.3. The Bertz CT molecular complexity index is 729. The highest BCUT2D eigenvalue weighted by molar-refractivity contribution is 6.35. The van der Waals surface area contributed by atoms with Crippen molar-refractivity contribution in [2.75, 3.05) is 6.61 Å². The maximum Gasteiger partial charge on any atom is 0.281 e. The molecule has 2 saturated carbocycles. The third-order valence-corrected chi connectivity index (χ3v) is 6.61. The minimum absolute atomic E-state index is 0.0490. The minimum Gasteiger partial charge on any atom is -0.482 e. The van der Waals surface area contributed by atoms with Crippen molar-refractivity contribution < 1.29 is 9.53 Å². The maximum atomic E-state index is 13.0. The van der Waals surface area contributed by atoms with E-state index in [0.717, 1.165) is 25.7 Å². The van der Waals surface area contributed by atoms with Crippen LogP contribution in [0.1, 0.15) is 57.8 Å². The highest BCUT2D eigenvalue weighted by Gasteiger charge is 2.53. The van der Waals surface area contributed by atoms with Crippen LogP contribution in [0.3, 0.4) is 0 Å². The topological polar surface area (TPSA) is 41.9 Å². The van der Waals surface area contributed by atoms with Crippen LogP contribution in [-0.2, 0) is 4.79 Å². The number of amides is 1. The SMILES string of the molecule is O=C(COc1ccc(Cl)cc1Cl)N1N=C2CCCCC2C12CCCCC2. The van der Waals surface area contributed by atoms with Crippen molar-refractivity contribution in [1.29, 1.82) is 0 Å². The van der Waals surface area contributed by atoms with Gasteiger partial charge in [0.1, 0.15) is 5.75 Å². The molecule has 1 unspecified atom stereocenters. The normalized spacial score (nSPS) is 24.3. The van der Waals surface area contributed by atoms with Gasteiger partial charge in [0.25, 0.3) is 5.91 Å². The van der Waals surface area contributed by atoms with E-state index in [2.05, 4.69) is 0 Å². The first-order valence-electron chi connectivity index (χ1n) is 9.58. The molecule has 4 nitrogen and oxygen atoms in total. The van der Waals surface area contributed by atoms with Crippen LogP contribution < -0.4 is 4.74 Å². The first-order valence-corrected chi connectivity index (χ1v) is 10.3. The molecule has 0 N–H and O–H groups in total. The van der Waals surface area contributed by atoms with Crippen molar-refractivity contribution in [3.8, 4) is 5.75 Å². The van der Waals surface area contributed by atoms with E-state index in [1.807, 2.05) is 0 Å². The monoisotopic (exact) mass is 394 g/mol. The number of carbonyl (C=O) groups excluding carboxylic acids is 1. The lowest BCUT2D eigenvalue weighted by Gasteiger charge is -2.44. The number of benzene rings is 1. The predicted octanol–water partition coefficient (Wildman–Crippen LogP) is 5.46. The highest BCUT2D eigenvalue weighted by atomic mass is 35.5. The van der Waals surface area contributed by atoms with Gasteiger partial charge < -0.3 is 4.74 Å². The van der Waals surface area contributed by atoms with Crippen LogP contribution in [0.5, 0.6) is 5.75 Å². The van der Waals surface area contributed by atoms with Gasteiger partial charge in [-0.2, -0.15) is 5.10 Å². The van der Waals surface area contributed by atoms with Gasteiger partial charge in [0.15, 0.2) is 6.61 Å². The summed E-state index contributed by atoms with van der Waals surface area (Å²) in [5, 5.41) is 7.56. The Morgan fingerprint density at radius 1 is 1.19 bits per heavy atom. The summed E-state index contributed by atoms with van der Waals surface area (Å²) in [5.41, 5.74) is 1.12. The number of hydrazone groups is 1. The van der Waals surface area contributed by atoms with Crippen molar-refractivity contribution in [2.45, 2.75) is 63.3 Å². The molecule has 26 heavy (non-hydrogen) atoms. The molecule has 4 rings (SSSR count). The van der Waals surface area contributed by atoms with Gasteiger partial charge in [0.2, 0.25) is 0 Å². The zero-order chi connectivity index (χ0) is 18.1. The van der Waals surface area contributed by atoms with Gasteiger partial charge >= 0.3 is 0 Å². The molecule has 1 atom stereocenters. The van der Waals surface area contributed by atoms with Gasteiger partial charge in [-0.05, 0) is 50.3 Å². The van der Waals surface area contributed by atoms with Crippen LogP contribution in [0, 0.1) is 5.92 Å².